The van der Waals surface area contributed by atoms with Gasteiger partial charge < -0.3 is 9.64 Å². The van der Waals surface area contributed by atoms with Crippen LogP contribution in [0.4, 0.5) is 11.6 Å². The quantitative estimate of drug-likeness (QED) is 0.658. The summed E-state index contributed by atoms with van der Waals surface area (Å²) in [7, 11) is -3.76. The van der Waals surface area contributed by atoms with Crippen LogP contribution in [-0.4, -0.2) is 44.3 Å². The molecule has 1 fully saturated rings. The highest BCUT2D eigenvalue weighted by Crippen LogP contribution is 2.38. The van der Waals surface area contributed by atoms with Crippen molar-refractivity contribution < 1.29 is 13.2 Å². The predicted molar refractivity (Wildman–Crippen MR) is 112 cm³/mol. The van der Waals surface area contributed by atoms with Gasteiger partial charge in [0.2, 0.25) is 0 Å². The second-order valence-corrected chi connectivity index (χ2v) is 9.39. The molecule has 3 heterocycles. The van der Waals surface area contributed by atoms with E-state index >= 15 is 0 Å². The van der Waals surface area contributed by atoms with Gasteiger partial charge in [-0.1, -0.05) is 29.8 Å². The van der Waals surface area contributed by atoms with Crippen molar-refractivity contribution in [3.05, 3.63) is 54.1 Å². The molecule has 1 aromatic heterocycles. The van der Waals surface area contributed by atoms with E-state index in [9.17, 15) is 8.42 Å². The van der Waals surface area contributed by atoms with Crippen LogP contribution >= 0.6 is 0 Å². The van der Waals surface area contributed by atoms with Crippen molar-refractivity contribution >= 4 is 32.7 Å². The Morgan fingerprint density at radius 1 is 1.03 bits per heavy atom. The van der Waals surface area contributed by atoms with E-state index in [-0.39, 0.29) is 17.7 Å². The molecule has 0 spiro atoms. The molecule has 0 radical (unpaired) electrons. The molecule has 5 rings (SSSR count). The van der Waals surface area contributed by atoms with Gasteiger partial charge >= 0.3 is 0 Å². The average Bonchev–Trinajstić information content (AvgIpc) is 3.35. The minimum Gasteiger partial charge on any atom is -0.376 e. The van der Waals surface area contributed by atoms with Crippen molar-refractivity contribution in [1.82, 2.24) is 9.97 Å². The lowest BCUT2D eigenvalue weighted by Gasteiger charge is -2.23. The molecule has 1 saturated heterocycles. The molecule has 0 saturated carbocycles. The Bertz CT molecular complexity index is 1160. The van der Waals surface area contributed by atoms with E-state index in [1.807, 2.05) is 36.1 Å². The Balaban J connectivity index is 1.60. The maximum Gasteiger partial charge on any atom is 0.267 e. The van der Waals surface area contributed by atoms with Crippen molar-refractivity contribution in [2.45, 2.75) is 30.8 Å². The number of ether oxygens (including phenoxy) is 1. The van der Waals surface area contributed by atoms with Gasteiger partial charge in [-0.3, -0.25) is 0 Å². The van der Waals surface area contributed by atoms with E-state index in [1.165, 1.54) is 4.31 Å². The maximum atomic E-state index is 13.4. The molecule has 0 aliphatic carbocycles. The normalized spacial score (nSPS) is 19.1. The molecule has 0 N–H and O–H groups in total. The molecule has 2 aliphatic heterocycles. The molecule has 150 valence electrons. The van der Waals surface area contributed by atoms with Gasteiger partial charge in [0.25, 0.3) is 10.0 Å². The summed E-state index contributed by atoms with van der Waals surface area (Å²) in [6, 6.07) is 14.4. The van der Waals surface area contributed by atoms with E-state index in [4.69, 9.17) is 9.72 Å². The molecular formula is C21H22N4O3S. The summed E-state index contributed by atoms with van der Waals surface area (Å²) in [5.41, 5.74) is 2.43. The van der Waals surface area contributed by atoms with Crippen LogP contribution in [0.1, 0.15) is 18.4 Å². The Hall–Kier alpha value is -2.71. The lowest BCUT2D eigenvalue weighted by atomic mass is 10.2. The van der Waals surface area contributed by atoms with Crippen LogP contribution in [-0.2, 0) is 14.8 Å². The number of benzene rings is 2. The number of fused-ring (bicyclic) bond motifs is 2. The summed E-state index contributed by atoms with van der Waals surface area (Å²) in [6.45, 7) is 3.46. The minimum atomic E-state index is -3.76. The second kappa shape index (κ2) is 6.96. The third kappa shape index (κ3) is 3.22. The Labute approximate surface area is 170 Å². The van der Waals surface area contributed by atoms with Crippen molar-refractivity contribution in [1.29, 1.82) is 0 Å². The lowest BCUT2D eigenvalue weighted by molar-refractivity contribution is 0.116. The topological polar surface area (TPSA) is 75.6 Å². The van der Waals surface area contributed by atoms with E-state index in [1.54, 1.807) is 24.3 Å². The Morgan fingerprint density at radius 2 is 1.72 bits per heavy atom. The van der Waals surface area contributed by atoms with Crippen LogP contribution in [0.2, 0.25) is 0 Å². The number of anilines is 2. The van der Waals surface area contributed by atoms with Crippen molar-refractivity contribution in [2.75, 3.05) is 29.0 Å². The lowest BCUT2D eigenvalue weighted by Crippen LogP contribution is -2.39. The molecule has 7 nitrogen and oxygen atoms in total. The standard InChI is InChI=1S/C21H22N4O3S/c1-15-8-10-17(11-9-15)29(26,27)25-14-24(13-16-5-4-12-28-16)20-21(25)23-19-7-3-2-6-18(19)22-20/h2-3,6-11,16H,4-5,12-14H2,1H3/t16-/m0/s1. The molecule has 3 aromatic rings. The van der Waals surface area contributed by atoms with Crippen LogP contribution in [0.25, 0.3) is 11.0 Å². The van der Waals surface area contributed by atoms with E-state index < -0.39 is 10.0 Å². The number of sulfonamides is 1. The van der Waals surface area contributed by atoms with Gasteiger partial charge in [-0.25, -0.2) is 22.7 Å². The van der Waals surface area contributed by atoms with Crippen molar-refractivity contribution in [2.24, 2.45) is 0 Å². The van der Waals surface area contributed by atoms with E-state index in [0.29, 0.717) is 23.7 Å². The molecule has 0 unspecified atom stereocenters. The van der Waals surface area contributed by atoms with Crippen LogP contribution in [0.3, 0.4) is 0 Å². The van der Waals surface area contributed by atoms with Crippen LogP contribution in [0, 0.1) is 6.92 Å². The number of para-hydroxylation sites is 2. The van der Waals surface area contributed by atoms with Gasteiger partial charge in [0, 0.05) is 13.2 Å². The SMILES string of the molecule is Cc1ccc(S(=O)(=O)N2CN(C[C@@H]3CCCO3)c3nc4ccccc4nc32)cc1. The first-order valence-corrected chi connectivity index (χ1v) is 11.2. The van der Waals surface area contributed by atoms with Crippen LogP contribution in [0.5, 0.6) is 0 Å². The first kappa shape index (κ1) is 18.3. The molecule has 0 bridgehead atoms. The number of aromatic nitrogens is 2. The number of hydrogen-bond acceptors (Lipinski definition) is 6. The van der Waals surface area contributed by atoms with Gasteiger partial charge in [-0.15, -0.1) is 0 Å². The van der Waals surface area contributed by atoms with E-state index in [2.05, 4.69) is 4.98 Å². The summed E-state index contributed by atoms with van der Waals surface area (Å²) in [5, 5.41) is 0. The third-order valence-corrected chi connectivity index (χ3v) is 7.16. The molecule has 8 heteroatoms. The molecule has 1 atom stereocenters. The average molecular weight is 410 g/mol. The zero-order valence-electron chi connectivity index (χ0n) is 16.2. The van der Waals surface area contributed by atoms with Crippen LogP contribution < -0.4 is 9.21 Å². The van der Waals surface area contributed by atoms with Crippen molar-refractivity contribution in [3.8, 4) is 0 Å². The van der Waals surface area contributed by atoms with E-state index in [0.717, 1.165) is 30.5 Å². The number of rotatable bonds is 4. The first-order chi connectivity index (χ1) is 14.0. The second-order valence-electron chi connectivity index (χ2n) is 7.53. The zero-order valence-corrected chi connectivity index (χ0v) is 17.0. The summed E-state index contributed by atoms with van der Waals surface area (Å²) < 4.78 is 34.0. The zero-order chi connectivity index (χ0) is 20.0. The predicted octanol–water partition coefficient (Wildman–Crippen LogP) is 3.09. The van der Waals surface area contributed by atoms with Gasteiger partial charge in [-0.2, -0.15) is 0 Å². The Morgan fingerprint density at radius 3 is 2.38 bits per heavy atom. The van der Waals surface area contributed by atoms with Gasteiger partial charge in [-0.05, 0) is 44.0 Å². The largest absolute Gasteiger partial charge is 0.376 e. The maximum absolute atomic E-state index is 13.4. The molecular weight excluding hydrogens is 388 g/mol. The molecule has 0 amide bonds. The fourth-order valence-corrected chi connectivity index (χ4v) is 5.23. The molecule has 29 heavy (non-hydrogen) atoms. The Kier molecular flexibility index (Phi) is 4.40. The minimum absolute atomic E-state index is 0.0816. The van der Waals surface area contributed by atoms with Gasteiger partial charge in [0.05, 0.1) is 22.0 Å². The van der Waals surface area contributed by atoms with Crippen LogP contribution in [0.15, 0.2) is 53.4 Å². The monoisotopic (exact) mass is 410 g/mol. The number of hydrogen-bond donors (Lipinski definition) is 0. The number of nitrogens with zero attached hydrogens (tertiary/aromatic N) is 4. The highest BCUT2D eigenvalue weighted by molar-refractivity contribution is 7.92. The summed E-state index contributed by atoms with van der Waals surface area (Å²) in [6.07, 6.45) is 2.08. The highest BCUT2D eigenvalue weighted by Gasteiger charge is 2.39. The smallest absolute Gasteiger partial charge is 0.267 e. The van der Waals surface area contributed by atoms with Crippen molar-refractivity contribution in [3.63, 3.8) is 0 Å². The van der Waals surface area contributed by atoms with Gasteiger partial charge in [0.15, 0.2) is 11.6 Å². The fraction of sp³-hybridized carbons (Fsp3) is 0.333. The summed E-state index contributed by atoms with van der Waals surface area (Å²) >= 11 is 0. The summed E-state index contributed by atoms with van der Waals surface area (Å²) in [5.74, 6) is 0.970. The number of aryl methyl sites for hydroxylation is 1. The third-order valence-electron chi connectivity index (χ3n) is 5.43. The van der Waals surface area contributed by atoms with Gasteiger partial charge in [0.1, 0.15) is 6.67 Å². The summed E-state index contributed by atoms with van der Waals surface area (Å²) in [4.78, 5) is 11.6. The fourth-order valence-electron chi connectivity index (χ4n) is 3.86. The molecule has 2 aromatic carbocycles. The first-order valence-electron chi connectivity index (χ1n) is 9.75. The molecule has 2 aliphatic rings. The highest BCUT2D eigenvalue weighted by atomic mass is 32.2.